The second-order valence-electron chi connectivity index (χ2n) is 6.66. The van der Waals surface area contributed by atoms with E-state index in [9.17, 15) is 9.59 Å². The van der Waals surface area contributed by atoms with Crippen LogP contribution in [0.25, 0.3) is 0 Å². The molecule has 0 aliphatic carbocycles. The maximum atomic E-state index is 12.0. The van der Waals surface area contributed by atoms with Crippen LogP contribution in [0.2, 0.25) is 0 Å². The summed E-state index contributed by atoms with van der Waals surface area (Å²) < 4.78 is 1.32. The van der Waals surface area contributed by atoms with E-state index in [0.29, 0.717) is 0 Å². The smallest absolute Gasteiger partial charge is 0.268 e. The molecule has 0 radical (unpaired) electrons. The van der Waals surface area contributed by atoms with Crippen LogP contribution in [0.5, 0.6) is 0 Å². The van der Waals surface area contributed by atoms with Gasteiger partial charge in [-0.3, -0.25) is 9.59 Å². The molecule has 21 heavy (non-hydrogen) atoms. The van der Waals surface area contributed by atoms with Gasteiger partial charge in [0.15, 0.2) is 0 Å². The summed E-state index contributed by atoms with van der Waals surface area (Å²) in [5, 5.41) is 7.15. The molecule has 1 aliphatic heterocycles. The number of aryl methyl sites for hydroxylation is 1. The molecular formula is C15H24N4O2. The van der Waals surface area contributed by atoms with Gasteiger partial charge in [-0.15, -0.1) is 0 Å². The van der Waals surface area contributed by atoms with Crippen LogP contribution in [-0.2, 0) is 11.8 Å². The number of hydrogen-bond acceptors (Lipinski definition) is 4. The molecule has 0 atom stereocenters. The third-order valence-electron chi connectivity index (χ3n) is 3.83. The molecule has 0 saturated carbocycles. The summed E-state index contributed by atoms with van der Waals surface area (Å²) >= 11 is 0. The molecule has 0 spiro atoms. The highest BCUT2D eigenvalue weighted by atomic mass is 16.2. The van der Waals surface area contributed by atoms with E-state index in [1.54, 1.807) is 19.3 Å². The van der Waals surface area contributed by atoms with Gasteiger partial charge in [0.25, 0.3) is 5.56 Å². The van der Waals surface area contributed by atoms with E-state index in [0.717, 1.165) is 31.6 Å². The van der Waals surface area contributed by atoms with E-state index in [1.165, 1.54) is 4.68 Å². The van der Waals surface area contributed by atoms with Crippen molar-refractivity contribution in [3.63, 3.8) is 0 Å². The van der Waals surface area contributed by atoms with Gasteiger partial charge < -0.3 is 10.2 Å². The molecule has 1 aliphatic rings. The summed E-state index contributed by atoms with van der Waals surface area (Å²) in [4.78, 5) is 25.8. The zero-order valence-corrected chi connectivity index (χ0v) is 13.2. The van der Waals surface area contributed by atoms with E-state index in [2.05, 4.69) is 15.3 Å². The average molecular weight is 292 g/mol. The Bertz CT molecular complexity index is 566. The minimum atomic E-state index is -0.354. The van der Waals surface area contributed by atoms with Crippen LogP contribution in [0, 0.1) is 5.41 Å². The Kier molecular flexibility index (Phi) is 4.34. The summed E-state index contributed by atoms with van der Waals surface area (Å²) in [6.45, 7) is 7.41. The van der Waals surface area contributed by atoms with Gasteiger partial charge in [0.2, 0.25) is 5.91 Å². The van der Waals surface area contributed by atoms with Crippen LogP contribution in [0.1, 0.15) is 33.6 Å². The number of aromatic nitrogens is 2. The zero-order chi connectivity index (χ0) is 15.6. The lowest BCUT2D eigenvalue weighted by atomic mass is 9.94. The van der Waals surface area contributed by atoms with Crippen molar-refractivity contribution in [2.45, 2.75) is 39.7 Å². The van der Waals surface area contributed by atoms with E-state index in [1.807, 2.05) is 20.8 Å². The summed E-state index contributed by atoms with van der Waals surface area (Å²) in [5.74, 6) is 0.0937. The molecule has 1 aromatic rings. The normalized spacial score (nSPS) is 16.9. The van der Waals surface area contributed by atoms with E-state index in [4.69, 9.17) is 0 Å². The van der Waals surface area contributed by atoms with Gasteiger partial charge in [0.1, 0.15) is 0 Å². The van der Waals surface area contributed by atoms with Crippen LogP contribution >= 0.6 is 0 Å². The summed E-state index contributed by atoms with van der Waals surface area (Å²) in [7, 11) is 1.64. The Labute approximate surface area is 125 Å². The molecule has 2 rings (SSSR count). The molecule has 116 valence electrons. The highest BCUT2D eigenvalue weighted by Crippen LogP contribution is 2.19. The highest BCUT2D eigenvalue weighted by molar-refractivity contribution is 5.81. The summed E-state index contributed by atoms with van der Waals surface area (Å²) in [5.41, 5.74) is 0.404. The quantitative estimate of drug-likeness (QED) is 0.880. The lowest BCUT2D eigenvalue weighted by Crippen LogP contribution is -2.48. The van der Waals surface area contributed by atoms with Gasteiger partial charge in [0.05, 0.1) is 11.9 Å². The summed E-state index contributed by atoms with van der Waals surface area (Å²) in [6.07, 6.45) is 3.49. The Morgan fingerprint density at radius 2 is 1.95 bits per heavy atom. The van der Waals surface area contributed by atoms with Gasteiger partial charge in [-0.2, -0.15) is 5.10 Å². The molecule has 1 aromatic heterocycles. The number of piperidine rings is 1. The fourth-order valence-corrected chi connectivity index (χ4v) is 2.32. The predicted molar refractivity (Wildman–Crippen MR) is 82.3 cm³/mol. The Morgan fingerprint density at radius 3 is 2.48 bits per heavy atom. The third kappa shape index (κ3) is 3.83. The van der Waals surface area contributed by atoms with Crippen molar-refractivity contribution in [3.05, 3.63) is 22.6 Å². The van der Waals surface area contributed by atoms with Gasteiger partial charge >= 0.3 is 0 Å². The second kappa shape index (κ2) is 5.87. The van der Waals surface area contributed by atoms with Gasteiger partial charge in [-0.05, 0) is 12.8 Å². The third-order valence-corrected chi connectivity index (χ3v) is 3.83. The lowest BCUT2D eigenvalue weighted by Gasteiger charge is -2.34. The maximum Gasteiger partial charge on any atom is 0.268 e. The molecule has 1 amide bonds. The molecule has 2 heterocycles. The number of nitrogens with zero attached hydrogens (tertiary/aromatic N) is 3. The molecule has 0 unspecified atom stereocenters. The van der Waals surface area contributed by atoms with Gasteiger partial charge in [0, 0.05) is 37.7 Å². The number of anilines is 1. The van der Waals surface area contributed by atoms with Crippen molar-refractivity contribution in [3.8, 4) is 0 Å². The Morgan fingerprint density at radius 1 is 1.33 bits per heavy atom. The average Bonchev–Trinajstić information content (AvgIpc) is 2.42. The van der Waals surface area contributed by atoms with Crippen LogP contribution in [0.15, 0.2) is 17.1 Å². The molecule has 6 heteroatoms. The number of amides is 1. The van der Waals surface area contributed by atoms with Crippen LogP contribution in [0.3, 0.4) is 0 Å². The first-order valence-corrected chi connectivity index (χ1v) is 7.36. The minimum absolute atomic E-state index is 0.0937. The van der Waals surface area contributed by atoms with Gasteiger partial charge in [-0.1, -0.05) is 20.8 Å². The van der Waals surface area contributed by atoms with E-state index >= 15 is 0 Å². The topological polar surface area (TPSA) is 67.2 Å². The first-order valence-electron chi connectivity index (χ1n) is 7.36. The molecule has 0 aromatic carbocycles. The number of rotatable bonds is 2. The first-order chi connectivity index (χ1) is 9.77. The van der Waals surface area contributed by atoms with Crippen LogP contribution in [-0.4, -0.2) is 34.8 Å². The van der Waals surface area contributed by atoms with Crippen molar-refractivity contribution >= 4 is 11.6 Å². The lowest BCUT2D eigenvalue weighted by molar-refractivity contribution is -0.129. The summed E-state index contributed by atoms with van der Waals surface area (Å²) in [6, 6.07) is 1.83. The fraction of sp³-hybridized carbons (Fsp3) is 0.667. The first kappa shape index (κ1) is 15.5. The molecule has 1 fully saturated rings. The number of carbonyl (C=O) groups excluding carboxylic acids is 1. The second-order valence-corrected chi connectivity index (χ2v) is 6.66. The highest BCUT2D eigenvalue weighted by Gasteiger charge is 2.26. The largest absolute Gasteiger partial charge is 0.370 e. The molecule has 1 N–H and O–H groups in total. The van der Waals surface area contributed by atoms with Crippen molar-refractivity contribution < 1.29 is 4.79 Å². The SMILES string of the molecule is Cn1ncc(N2CCC(NC(=O)C(C)(C)C)CC2)cc1=O. The number of nitrogens with one attached hydrogen (secondary N) is 1. The monoisotopic (exact) mass is 292 g/mol. The standard InChI is InChI=1S/C15H24N4O2/c1-15(2,3)14(21)17-11-5-7-19(8-6-11)12-9-13(20)18(4)16-10-12/h9-11H,5-8H2,1-4H3,(H,17,21). The molecule has 0 bridgehead atoms. The zero-order valence-electron chi connectivity index (χ0n) is 13.2. The van der Waals surface area contributed by atoms with Crippen LogP contribution < -0.4 is 15.8 Å². The van der Waals surface area contributed by atoms with Crippen molar-refractivity contribution in [1.29, 1.82) is 0 Å². The van der Waals surface area contributed by atoms with E-state index in [-0.39, 0.29) is 22.9 Å². The van der Waals surface area contributed by atoms with Crippen molar-refractivity contribution in [1.82, 2.24) is 15.1 Å². The maximum absolute atomic E-state index is 12.0. The molecule has 1 saturated heterocycles. The Balaban J connectivity index is 1.93. The number of carbonyl (C=O) groups is 1. The molecule has 6 nitrogen and oxygen atoms in total. The van der Waals surface area contributed by atoms with Crippen molar-refractivity contribution in [2.75, 3.05) is 18.0 Å². The number of hydrogen-bond donors (Lipinski definition) is 1. The van der Waals surface area contributed by atoms with E-state index < -0.39 is 0 Å². The van der Waals surface area contributed by atoms with Crippen molar-refractivity contribution in [2.24, 2.45) is 12.5 Å². The van der Waals surface area contributed by atoms with Gasteiger partial charge in [-0.25, -0.2) is 4.68 Å². The molecular weight excluding hydrogens is 268 g/mol. The minimum Gasteiger partial charge on any atom is -0.370 e. The predicted octanol–water partition coefficient (Wildman–Crippen LogP) is 0.911. The van der Waals surface area contributed by atoms with Crippen LogP contribution in [0.4, 0.5) is 5.69 Å². The fourth-order valence-electron chi connectivity index (χ4n) is 2.32. The Hall–Kier alpha value is -1.85.